The molecule has 0 amide bonds. The normalized spacial score (nSPS) is 24.9. The van der Waals surface area contributed by atoms with Crippen LogP contribution < -0.4 is 0 Å². The fraction of sp³-hybridized carbons (Fsp3) is 0.913. The molecule has 0 spiro atoms. The molecular formula is C23H42S2. The van der Waals surface area contributed by atoms with Gasteiger partial charge in [0.25, 0.3) is 0 Å². The van der Waals surface area contributed by atoms with Crippen molar-refractivity contribution in [3.63, 3.8) is 0 Å². The first-order valence-electron chi connectivity index (χ1n) is 11.3. The van der Waals surface area contributed by atoms with Crippen LogP contribution in [0.15, 0.2) is 12.2 Å². The molecule has 0 heterocycles. The minimum Gasteiger partial charge on any atom is -0.162 e. The highest BCUT2D eigenvalue weighted by atomic mass is 32.2. The molecule has 0 aromatic rings. The van der Waals surface area contributed by atoms with Crippen LogP contribution >= 0.6 is 23.5 Å². The van der Waals surface area contributed by atoms with Crippen LogP contribution in [0.1, 0.15) is 96.3 Å². The second-order valence-electron chi connectivity index (χ2n) is 8.21. The van der Waals surface area contributed by atoms with Crippen molar-refractivity contribution in [2.24, 2.45) is 11.8 Å². The van der Waals surface area contributed by atoms with Crippen LogP contribution in [0, 0.1) is 11.8 Å². The van der Waals surface area contributed by atoms with E-state index < -0.39 is 0 Å². The second-order valence-corrected chi connectivity index (χ2v) is 10.7. The number of allylic oxidation sites excluding steroid dienone is 2. The third-order valence-corrected chi connectivity index (χ3v) is 8.24. The first-order chi connectivity index (χ1) is 12.4. The van der Waals surface area contributed by atoms with Crippen LogP contribution in [-0.4, -0.2) is 23.0 Å². The standard InChI is InChI=1S/C23H42S2/c1-3-7-12-22(13-8-4-1)16-20-24-18-11-19-25-21-17-23-14-9-5-2-6-10-15-23/h1,3,22-23H,2,4-21H2/b3-1-. The fourth-order valence-electron chi connectivity index (χ4n) is 4.32. The summed E-state index contributed by atoms with van der Waals surface area (Å²) in [4.78, 5) is 0. The maximum Gasteiger partial charge on any atom is -0.00597 e. The molecule has 1 fully saturated rings. The van der Waals surface area contributed by atoms with Crippen LogP contribution in [0.3, 0.4) is 0 Å². The van der Waals surface area contributed by atoms with E-state index in [0.717, 1.165) is 11.8 Å². The Morgan fingerprint density at radius 2 is 1.12 bits per heavy atom. The monoisotopic (exact) mass is 382 g/mol. The highest BCUT2D eigenvalue weighted by molar-refractivity contribution is 8.00. The Kier molecular flexibility index (Phi) is 13.5. The van der Waals surface area contributed by atoms with Gasteiger partial charge in [0.05, 0.1) is 0 Å². The van der Waals surface area contributed by atoms with E-state index in [1.165, 1.54) is 119 Å². The quantitative estimate of drug-likeness (QED) is 0.276. The van der Waals surface area contributed by atoms with Gasteiger partial charge in [0, 0.05) is 0 Å². The number of hydrogen-bond acceptors (Lipinski definition) is 2. The van der Waals surface area contributed by atoms with Gasteiger partial charge >= 0.3 is 0 Å². The summed E-state index contributed by atoms with van der Waals surface area (Å²) >= 11 is 4.45. The van der Waals surface area contributed by atoms with E-state index in [-0.39, 0.29) is 0 Å². The van der Waals surface area contributed by atoms with Crippen molar-refractivity contribution in [2.45, 2.75) is 96.3 Å². The molecule has 2 heteroatoms. The van der Waals surface area contributed by atoms with Crippen molar-refractivity contribution in [1.29, 1.82) is 0 Å². The van der Waals surface area contributed by atoms with Crippen molar-refractivity contribution in [2.75, 3.05) is 23.0 Å². The van der Waals surface area contributed by atoms with E-state index in [0.29, 0.717) is 0 Å². The second kappa shape index (κ2) is 15.5. The van der Waals surface area contributed by atoms with Gasteiger partial charge in [-0.15, -0.1) is 0 Å². The minimum absolute atomic E-state index is 1.01. The van der Waals surface area contributed by atoms with Gasteiger partial charge in [0.1, 0.15) is 0 Å². The van der Waals surface area contributed by atoms with Crippen LogP contribution in [0.4, 0.5) is 0 Å². The van der Waals surface area contributed by atoms with Gasteiger partial charge in [0.2, 0.25) is 0 Å². The zero-order valence-electron chi connectivity index (χ0n) is 16.6. The van der Waals surface area contributed by atoms with E-state index >= 15 is 0 Å². The molecule has 1 saturated carbocycles. The van der Waals surface area contributed by atoms with Gasteiger partial charge in [-0.05, 0) is 79.8 Å². The summed E-state index contributed by atoms with van der Waals surface area (Å²) in [5.74, 6) is 7.68. The lowest BCUT2D eigenvalue weighted by Crippen LogP contribution is -2.05. The number of thioether (sulfide) groups is 2. The topological polar surface area (TPSA) is 0 Å². The van der Waals surface area contributed by atoms with E-state index in [9.17, 15) is 0 Å². The third kappa shape index (κ3) is 11.7. The van der Waals surface area contributed by atoms with Gasteiger partial charge in [0.15, 0.2) is 0 Å². The van der Waals surface area contributed by atoms with E-state index in [1.54, 1.807) is 0 Å². The summed E-state index contributed by atoms with van der Waals surface area (Å²) in [5.41, 5.74) is 0. The van der Waals surface area contributed by atoms with Crippen molar-refractivity contribution in [1.82, 2.24) is 0 Å². The van der Waals surface area contributed by atoms with Crippen LogP contribution in [0.5, 0.6) is 0 Å². The summed E-state index contributed by atoms with van der Waals surface area (Å²) in [6.07, 6.45) is 26.7. The molecule has 0 N–H and O–H groups in total. The molecule has 1 unspecified atom stereocenters. The summed E-state index contributed by atoms with van der Waals surface area (Å²) in [6.45, 7) is 0. The predicted octanol–water partition coefficient (Wildman–Crippen LogP) is 8.12. The van der Waals surface area contributed by atoms with E-state index in [1.807, 2.05) is 0 Å². The molecule has 0 radical (unpaired) electrons. The smallest absolute Gasteiger partial charge is 0.00597 e. The first kappa shape index (κ1) is 21.7. The molecule has 2 aliphatic carbocycles. The fourth-order valence-corrected chi connectivity index (χ4v) is 6.61. The molecule has 1 atom stereocenters. The summed E-state index contributed by atoms with van der Waals surface area (Å²) in [5, 5.41) is 0. The van der Waals surface area contributed by atoms with Crippen molar-refractivity contribution < 1.29 is 0 Å². The van der Waals surface area contributed by atoms with Gasteiger partial charge in [-0.3, -0.25) is 0 Å². The van der Waals surface area contributed by atoms with Gasteiger partial charge < -0.3 is 0 Å². The molecule has 146 valence electrons. The molecular weight excluding hydrogens is 340 g/mol. The Morgan fingerprint density at radius 3 is 1.84 bits per heavy atom. The predicted molar refractivity (Wildman–Crippen MR) is 120 cm³/mol. The molecule has 0 aromatic heterocycles. The zero-order chi connectivity index (χ0) is 17.4. The number of hydrogen-bond donors (Lipinski definition) is 0. The molecule has 2 rings (SSSR count). The lowest BCUT2D eigenvalue weighted by molar-refractivity contribution is 0.371. The van der Waals surface area contributed by atoms with E-state index in [2.05, 4.69) is 35.7 Å². The van der Waals surface area contributed by atoms with Crippen molar-refractivity contribution >= 4 is 23.5 Å². The van der Waals surface area contributed by atoms with Crippen LogP contribution in [0.25, 0.3) is 0 Å². The third-order valence-electron chi connectivity index (χ3n) is 6.03. The van der Waals surface area contributed by atoms with Gasteiger partial charge in [-0.1, -0.05) is 63.5 Å². The maximum atomic E-state index is 2.41. The SMILES string of the molecule is C1=C\CCC(CCSCCCSCCC2CCCCCCC2)CCC/1. The minimum atomic E-state index is 1.01. The Hall–Kier alpha value is 0.440. The lowest BCUT2D eigenvalue weighted by Gasteiger charge is -2.19. The molecule has 0 bridgehead atoms. The Balaban J connectivity index is 1.36. The lowest BCUT2D eigenvalue weighted by atomic mass is 9.89. The van der Waals surface area contributed by atoms with Crippen molar-refractivity contribution in [3.05, 3.63) is 12.2 Å². The highest BCUT2D eigenvalue weighted by Gasteiger charge is 2.11. The van der Waals surface area contributed by atoms with E-state index in [4.69, 9.17) is 0 Å². The largest absolute Gasteiger partial charge is 0.162 e. The molecule has 0 aromatic carbocycles. The molecule has 0 nitrogen and oxygen atoms in total. The van der Waals surface area contributed by atoms with Gasteiger partial charge in [-0.25, -0.2) is 0 Å². The Bertz CT molecular complexity index is 318. The maximum absolute atomic E-state index is 2.41. The molecule has 0 saturated heterocycles. The first-order valence-corrected chi connectivity index (χ1v) is 13.6. The molecule has 25 heavy (non-hydrogen) atoms. The summed E-state index contributed by atoms with van der Waals surface area (Å²) in [6, 6.07) is 0. The van der Waals surface area contributed by atoms with Crippen LogP contribution in [-0.2, 0) is 0 Å². The Morgan fingerprint density at radius 1 is 0.560 bits per heavy atom. The zero-order valence-corrected chi connectivity index (χ0v) is 18.2. The van der Waals surface area contributed by atoms with Gasteiger partial charge in [-0.2, -0.15) is 23.5 Å². The summed E-state index contributed by atoms with van der Waals surface area (Å²) < 4.78 is 0. The average molecular weight is 383 g/mol. The molecule has 0 aliphatic heterocycles. The van der Waals surface area contributed by atoms with Crippen molar-refractivity contribution in [3.8, 4) is 0 Å². The Labute approximate surface area is 166 Å². The summed E-state index contributed by atoms with van der Waals surface area (Å²) in [7, 11) is 0. The van der Waals surface area contributed by atoms with Crippen LogP contribution in [0.2, 0.25) is 0 Å². The highest BCUT2D eigenvalue weighted by Crippen LogP contribution is 2.26. The number of rotatable bonds is 10. The average Bonchev–Trinajstić information content (AvgIpc) is 2.56. The molecule has 2 aliphatic rings.